The molecule has 1 aromatic rings. The van der Waals surface area contributed by atoms with Crippen molar-refractivity contribution in [3.05, 3.63) is 69.8 Å². The van der Waals surface area contributed by atoms with Crippen LogP contribution in [0.25, 0.3) is 0 Å². The van der Waals surface area contributed by atoms with Crippen LogP contribution in [0, 0.1) is 6.92 Å². The quantitative estimate of drug-likeness (QED) is 0.474. The van der Waals surface area contributed by atoms with Crippen molar-refractivity contribution in [1.82, 2.24) is 15.5 Å². The van der Waals surface area contributed by atoms with Gasteiger partial charge in [0.2, 0.25) is 0 Å². The standard InChI is InChI=1S/C25H34N4O3/c1-5-19-8-6-7-16(2)22(19)13-26-23-11-20(25(32)27-12-21(31)9-10-30)14-29-15-24(23)28-17(3)18(29)4/h6-8,11,14,21,26,30-31H,5,9-10,12-13,15H2,1-4H3,(H,27,32). The number of hydrogen-bond donors (Lipinski definition) is 4. The topological polar surface area (TPSA) is 97.2 Å². The predicted molar refractivity (Wildman–Crippen MR) is 127 cm³/mol. The molecule has 1 amide bonds. The van der Waals surface area contributed by atoms with Crippen LogP contribution in [0.3, 0.4) is 0 Å². The molecule has 0 aromatic heterocycles. The number of allylic oxidation sites excluding steroid dienone is 2. The number of aryl methyl sites for hydroxylation is 2. The fourth-order valence-electron chi connectivity index (χ4n) is 3.91. The van der Waals surface area contributed by atoms with Gasteiger partial charge in [0.25, 0.3) is 5.91 Å². The first-order chi connectivity index (χ1) is 15.3. The maximum absolute atomic E-state index is 12.9. The van der Waals surface area contributed by atoms with Gasteiger partial charge in [0.05, 0.1) is 35.3 Å². The minimum absolute atomic E-state index is 0.0885. The molecule has 2 aliphatic rings. The third-order valence-electron chi connectivity index (χ3n) is 6.05. The Balaban J connectivity index is 1.87. The third-order valence-corrected chi connectivity index (χ3v) is 6.05. The van der Waals surface area contributed by atoms with Crippen molar-refractivity contribution >= 4 is 11.6 Å². The summed E-state index contributed by atoms with van der Waals surface area (Å²) in [5.74, 6) is -0.273. The normalized spacial score (nSPS) is 16.7. The summed E-state index contributed by atoms with van der Waals surface area (Å²) in [6.07, 6.45) is 4.07. The molecule has 3 rings (SSSR count). The van der Waals surface area contributed by atoms with Crippen LogP contribution < -0.4 is 10.6 Å². The van der Waals surface area contributed by atoms with Crippen LogP contribution in [0.15, 0.2) is 58.1 Å². The van der Waals surface area contributed by atoms with Crippen LogP contribution in [0.1, 0.15) is 43.9 Å². The molecular weight excluding hydrogens is 404 g/mol. The number of carbonyl (C=O) groups excluding carboxylic acids is 1. The zero-order valence-corrected chi connectivity index (χ0v) is 19.4. The smallest absolute Gasteiger partial charge is 0.252 e. The SMILES string of the molecule is CCc1cccc(C)c1CNC1=CC(C(=O)NCC(O)CCO)=CN2CC1=NC(C)=C2C. The van der Waals surface area contributed by atoms with Crippen molar-refractivity contribution in [2.45, 2.75) is 53.2 Å². The largest absolute Gasteiger partial charge is 0.396 e. The zero-order valence-electron chi connectivity index (χ0n) is 19.4. The van der Waals surface area contributed by atoms with E-state index in [1.165, 1.54) is 16.7 Å². The Kier molecular flexibility index (Phi) is 7.88. The van der Waals surface area contributed by atoms with Crippen molar-refractivity contribution in [2.75, 3.05) is 19.7 Å². The number of nitrogens with zero attached hydrogens (tertiary/aromatic N) is 2. The van der Waals surface area contributed by atoms with Gasteiger partial charge in [0.1, 0.15) is 0 Å². The van der Waals surface area contributed by atoms with Crippen molar-refractivity contribution in [1.29, 1.82) is 0 Å². The van der Waals surface area contributed by atoms with E-state index in [9.17, 15) is 9.90 Å². The van der Waals surface area contributed by atoms with Gasteiger partial charge < -0.3 is 25.7 Å². The molecule has 0 aliphatic carbocycles. The summed E-state index contributed by atoms with van der Waals surface area (Å²) in [5.41, 5.74) is 7.92. The molecule has 0 fully saturated rings. The first-order valence-corrected chi connectivity index (χ1v) is 11.2. The molecule has 2 bridgehead atoms. The summed E-state index contributed by atoms with van der Waals surface area (Å²) in [4.78, 5) is 19.7. The van der Waals surface area contributed by atoms with Crippen LogP contribution in [0.2, 0.25) is 0 Å². The second-order valence-corrected chi connectivity index (χ2v) is 8.30. The Morgan fingerprint density at radius 1 is 1.28 bits per heavy atom. The summed E-state index contributed by atoms with van der Waals surface area (Å²) in [6, 6.07) is 6.35. The molecular formula is C25H34N4O3. The van der Waals surface area contributed by atoms with E-state index in [1.54, 1.807) is 0 Å². The monoisotopic (exact) mass is 438 g/mol. The molecule has 7 nitrogen and oxygen atoms in total. The fraction of sp³-hybridized carbons (Fsp3) is 0.440. The lowest BCUT2D eigenvalue weighted by atomic mass is 10.00. The van der Waals surface area contributed by atoms with E-state index in [0.29, 0.717) is 18.7 Å². The highest BCUT2D eigenvalue weighted by Gasteiger charge is 2.25. The Hall–Kier alpha value is -2.90. The second kappa shape index (κ2) is 10.6. The van der Waals surface area contributed by atoms with Crippen LogP contribution in [0.4, 0.5) is 0 Å². The van der Waals surface area contributed by atoms with Gasteiger partial charge in [0, 0.05) is 31.6 Å². The minimum atomic E-state index is -0.779. The number of aliphatic hydroxyl groups excluding tert-OH is 2. The van der Waals surface area contributed by atoms with E-state index in [-0.39, 0.29) is 25.5 Å². The van der Waals surface area contributed by atoms with Crippen molar-refractivity contribution in [3.8, 4) is 0 Å². The molecule has 4 N–H and O–H groups in total. The van der Waals surface area contributed by atoms with Gasteiger partial charge in [0.15, 0.2) is 0 Å². The Morgan fingerprint density at radius 2 is 2.06 bits per heavy atom. The first-order valence-electron chi connectivity index (χ1n) is 11.2. The van der Waals surface area contributed by atoms with Crippen molar-refractivity contribution in [3.63, 3.8) is 0 Å². The van der Waals surface area contributed by atoms with Gasteiger partial charge in [-0.15, -0.1) is 0 Å². The molecule has 7 heteroatoms. The highest BCUT2D eigenvalue weighted by atomic mass is 16.3. The summed E-state index contributed by atoms with van der Waals surface area (Å²) < 4.78 is 0. The highest BCUT2D eigenvalue weighted by Crippen LogP contribution is 2.24. The molecule has 0 saturated heterocycles. The number of carbonyl (C=O) groups is 1. The molecule has 1 unspecified atom stereocenters. The Bertz CT molecular complexity index is 991. The number of aliphatic imine (C=N–C) groups is 1. The summed E-state index contributed by atoms with van der Waals surface area (Å²) >= 11 is 0. The molecule has 1 aromatic carbocycles. The van der Waals surface area contributed by atoms with Gasteiger partial charge in [-0.25, -0.2) is 0 Å². The second-order valence-electron chi connectivity index (χ2n) is 8.30. The van der Waals surface area contributed by atoms with Gasteiger partial charge in [-0.2, -0.15) is 0 Å². The molecule has 2 aliphatic heterocycles. The van der Waals surface area contributed by atoms with Gasteiger partial charge in [-0.1, -0.05) is 25.1 Å². The van der Waals surface area contributed by atoms with Gasteiger partial charge in [-0.05, 0) is 56.4 Å². The minimum Gasteiger partial charge on any atom is -0.396 e. The van der Waals surface area contributed by atoms with E-state index in [2.05, 4.69) is 42.7 Å². The van der Waals surface area contributed by atoms with Crippen molar-refractivity contribution < 1.29 is 15.0 Å². The molecule has 0 spiro atoms. The molecule has 0 saturated carbocycles. The summed E-state index contributed by atoms with van der Waals surface area (Å²) in [7, 11) is 0. The van der Waals surface area contributed by atoms with Crippen LogP contribution >= 0.6 is 0 Å². The van der Waals surface area contributed by atoms with Crippen molar-refractivity contribution in [2.24, 2.45) is 4.99 Å². The zero-order chi connectivity index (χ0) is 23.3. The lowest BCUT2D eigenvalue weighted by Crippen LogP contribution is -2.33. The summed E-state index contributed by atoms with van der Waals surface area (Å²) in [5, 5.41) is 25.1. The Labute approximate surface area is 190 Å². The van der Waals surface area contributed by atoms with E-state index < -0.39 is 6.10 Å². The lowest BCUT2D eigenvalue weighted by Gasteiger charge is -2.27. The fourth-order valence-corrected chi connectivity index (χ4v) is 3.91. The van der Waals surface area contributed by atoms with E-state index in [4.69, 9.17) is 10.1 Å². The number of hydrogen-bond acceptors (Lipinski definition) is 6. The maximum Gasteiger partial charge on any atom is 0.252 e. The van der Waals surface area contributed by atoms with E-state index >= 15 is 0 Å². The Morgan fingerprint density at radius 3 is 2.78 bits per heavy atom. The molecule has 1 atom stereocenters. The predicted octanol–water partition coefficient (Wildman–Crippen LogP) is 2.30. The summed E-state index contributed by atoms with van der Waals surface area (Å²) in [6.45, 7) is 9.43. The highest BCUT2D eigenvalue weighted by molar-refractivity contribution is 6.06. The molecule has 172 valence electrons. The number of nitrogens with one attached hydrogen (secondary N) is 2. The van der Waals surface area contributed by atoms with Crippen LogP contribution in [0.5, 0.6) is 0 Å². The number of aliphatic hydroxyl groups is 2. The van der Waals surface area contributed by atoms with Crippen LogP contribution in [-0.4, -0.2) is 52.5 Å². The average molecular weight is 439 g/mol. The van der Waals surface area contributed by atoms with E-state index in [1.807, 2.05) is 31.0 Å². The average Bonchev–Trinajstić information content (AvgIpc) is 2.92. The maximum atomic E-state index is 12.9. The molecule has 32 heavy (non-hydrogen) atoms. The lowest BCUT2D eigenvalue weighted by molar-refractivity contribution is -0.117. The van der Waals surface area contributed by atoms with Crippen LogP contribution in [-0.2, 0) is 17.8 Å². The molecule has 2 heterocycles. The van der Waals surface area contributed by atoms with Gasteiger partial charge in [-0.3, -0.25) is 9.79 Å². The van der Waals surface area contributed by atoms with E-state index in [0.717, 1.165) is 29.2 Å². The van der Waals surface area contributed by atoms with Gasteiger partial charge >= 0.3 is 0 Å². The number of rotatable bonds is 9. The number of benzene rings is 1. The first kappa shape index (κ1) is 23.8. The number of fused-ring (bicyclic) bond motifs is 2. The number of amides is 1. The molecule has 0 radical (unpaired) electrons. The third kappa shape index (κ3) is 5.47.